The Morgan fingerprint density at radius 1 is 0.276 bits per heavy atom. The van der Waals surface area contributed by atoms with Crippen LogP contribution in [0, 0.1) is 0 Å². The van der Waals surface area contributed by atoms with E-state index in [0.717, 1.165) is 61.1 Å². The lowest BCUT2D eigenvalue weighted by molar-refractivity contribution is 0.673. The van der Waals surface area contributed by atoms with E-state index in [9.17, 15) is 0 Å². The minimum Gasteiger partial charge on any atom is -0.455 e. The summed E-state index contributed by atoms with van der Waals surface area (Å²) in [7, 11) is 0. The summed E-state index contributed by atoms with van der Waals surface area (Å²) >= 11 is 0. The van der Waals surface area contributed by atoms with Gasteiger partial charge in [0.15, 0.2) is 0 Å². The molecule has 58 heavy (non-hydrogen) atoms. The van der Waals surface area contributed by atoms with Gasteiger partial charge in [0.2, 0.25) is 0 Å². The van der Waals surface area contributed by atoms with Crippen molar-refractivity contribution >= 4 is 60.5 Å². The number of furan rings is 1. The molecular weight excluding hydrogens is 703 g/mol. The lowest BCUT2D eigenvalue weighted by atomic mass is 9.93. The smallest absolute Gasteiger partial charge is 0.143 e. The van der Waals surface area contributed by atoms with Crippen LogP contribution in [0.15, 0.2) is 229 Å². The Kier molecular flexibility index (Phi) is 8.19. The first kappa shape index (κ1) is 33.6. The second kappa shape index (κ2) is 14.1. The van der Waals surface area contributed by atoms with Crippen LogP contribution in [-0.4, -0.2) is 0 Å². The average molecular weight is 740 g/mol. The SMILES string of the molecule is c1ccc(-c2ccc(-c3ccc(N(c4ccc(-c5ccccc5)cc4)c4c(-c5ccccc5)ccc5oc6c7ccccc7c7ccccc7c6c45)cc3)cc2)cc1. The zero-order chi connectivity index (χ0) is 38.4. The molecule has 0 atom stereocenters. The summed E-state index contributed by atoms with van der Waals surface area (Å²) in [4.78, 5) is 2.43. The van der Waals surface area contributed by atoms with Gasteiger partial charge in [-0.3, -0.25) is 0 Å². The van der Waals surface area contributed by atoms with Crippen molar-refractivity contribution < 1.29 is 4.42 Å². The highest BCUT2D eigenvalue weighted by molar-refractivity contribution is 6.33. The summed E-state index contributed by atoms with van der Waals surface area (Å²) in [5.74, 6) is 0. The molecule has 0 aliphatic rings. The third-order valence-corrected chi connectivity index (χ3v) is 11.5. The third kappa shape index (κ3) is 5.74. The van der Waals surface area contributed by atoms with Crippen molar-refractivity contribution in [1.29, 1.82) is 0 Å². The third-order valence-electron chi connectivity index (χ3n) is 11.5. The Morgan fingerprint density at radius 2 is 0.655 bits per heavy atom. The van der Waals surface area contributed by atoms with E-state index in [0.29, 0.717) is 0 Å². The molecule has 0 aliphatic heterocycles. The standard InChI is InChI=1S/C56H37NO/c1-4-14-38(15-5-1)40-24-26-41(27-25-40)43-30-34-46(35-31-43)57(45-32-28-42(29-33-45)39-16-6-2-7-17-39)55-47(44-18-8-3-9-19-44)36-37-52-54(55)53-50-22-12-10-20-48(50)49-21-11-13-23-51(49)56(53)58-52/h1-37H. The normalized spacial score (nSPS) is 11.4. The van der Waals surface area contributed by atoms with E-state index in [1.165, 1.54) is 44.0 Å². The predicted octanol–water partition coefficient (Wildman–Crippen LogP) is 16.0. The van der Waals surface area contributed by atoms with Crippen LogP contribution < -0.4 is 4.90 Å². The van der Waals surface area contributed by atoms with E-state index in [-0.39, 0.29) is 0 Å². The Labute approximate surface area is 337 Å². The molecule has 0 aliphatic carbocycles. The first-order valence-corrected chi connectivity index (χ1v) is 19.8. The fourth-order valence-electron chi connectivity index (χ4n) is 8.68. The number of nitrogens with zero attached hydrogens (tertiary/aromatic N) is 1. The van der Waals surface area contributed by atoms with Gasteiger partial charge in [0, 0.05) is 27.7 Å². The van der Waals surface area contributed by atoms with Crippen LogP contribution in [0.2, 0.25) is 0 Å². The van der Waals surface area contributed by atoms with Crippen molar-refractivity contribution in [3.05, 3.63) is 224 Å². The largest absolute Gasteiger partial charge is 0.455 e. The van der Waals surface area contributed by atoms with Crippen molar-refractivity contribution in [3.8, 4) is 44.5 Å². The summed E-state index contributed by atoms with van der Waals surface area (Å²) in [5, 5.41) is 6.90. The van der Waals surface area contributed by atoms with Gasteiger partial charge in [-0.1, -0.05) is 188 Å². The molecule has 0 fully saturated rings. The fourth-order valence-corrected chi connectivity index (χ4v) is 8.68. The summed E-state index contributed by atoms with van der Waals surface area (Å²) in [6, 6.07) is 80.5. The van der Waals surface area contributed by atoms with E-state index in [1.54, 1.807) is 0 Å². The molecule has 0 saturated carbocycles. The minimum absolute atomic E-state index is 0.854. The molecular formula is C56H37NO. The average Bonchev–Trinajstić information content (AvgIpc) is 3.71. The molecule has 0 saturated heterocycles. The Hall–Kier alpha value is -7.68. The van der Waals surface area contributed by atoms with Crippen LogP contribution in [0.3, 0.4) is 0 Å². The molecule has 1 aromatic heterocycles. The van der Waals surface area contributed by atoms with E-state index in [2.05, 4.69) is 229 Å². The number of hydrogen-bond donors (Lipinski definition) is 0. The molecule has 2 heteroatoms. The molecule has 0 N–H and O–H groups in total. The Balaban J connectivity index is 1.17. The maximum atomic E-state index is 7.00. The van der Waals surface area contributed by atoms with Crippen molar-refractivity contribution in [2.75, 3.05) is 4.90 Å². The van der Waals surface area contributed by atoms with Crippen LogP contribution in [0.4, 0.5) is 17.1 Å². The molecule has 272 valence electrons. The maximum Gasteiger partial charge on any atom is 0.143 e. The lowest BCUT2D eigenvalue weighted by Gasteiger charge is -2.29. The van der Waals surface area contributed by atoms with E-state index in [4.69, 9.17) is 4.42 Å². The number of fused-ring (bicyclic) bond motifs is 8. The quantitative estimate of drug-likeness (QED) is 0.151. The number of anilines is 3. The maximum absolute atomic E-state index is 7.00. The molecule has 11 rings (SSSR count). The van der Waals surface area contributed by atoms with Crippen molar-refractivity contribution in [3.63, 3.8) is 0 Å². The molecule has 1 heterocycles. The zero-order valence-electron chi connectivity index (χ0n) is 31.7. The van der Waals surface area contributed by atoms with Gasteiger partial charge in [-0.2, -0.15) is 0 Å². The monoisotopic (exact) mass is 739 g/mol. The molecule has 0 unspecified atom stereocenters. The van der Waals surface area contributed by atoms with Gasteiger partial charge in [-0.05, 0) is 91.5 Å². The second-order valence-corrected chi connectivity index (χ2v) is 14.8. The van der Waals surface area contributed by atoms with Crippen LogP contribution in [0.1, 0.15) is 0 Å². The Bertz CT molecular complexity index is 3220. The number of benzene rings is 10. The van der Waals surface area contributed by atoms with Gasteiger partial charge in [-0.25, -0.2) is 0 Å². The van der Waals surface area contributed by atoms with Gasteiger partial charge in [0.05, 0.1) is 11.1 Å². The van der Waals surface area contributed by atoms with E-state index in [1.807, 2.05) is 0 Å². The number of rotatable bonds is 7. The van der Waals surface area contributed by atoms with Crippen LogP contribution in [0.5, 0.6) is 0 Å². The number of hydrogen-bond acceptors (Lipinski definition) is 2. The first-order chi connectivity index (χ1) is 28.8. The highest BCUT2D eigenvalue weighted by Crippen LogP contribution is 2.51. The molecule has 0 amide bonds. The molecule has 0 spiro atoms. The van der Waals surface area contributed by atoms with Crippen molar-refractivity contribution in [1.82, 2.24) is 0 Å². The van der Waals surface area contributed by atoms with Crippen LogP contribution in [0.25, 0.3) is 88.0 Å². The molecule has 2 nitrogen and oxygen atoms in total. The van der Waals surface area contributed by atoms with Crippen LogP contribution >= 0.6 is 0 Å². The van der Waals surface area contributed by atoms with Gasteiger partial charge in [0.1, 0.15) is 11.2 Å². The van der Waals surface area contributed by atoms with Crippen molar-refractivity contribution in [2.24, 2.45) is 0 Å². The van der Waals surface area contributed by atoms with E-state index >= 15 is 0 Å². The Morgan fingerprint density at radius 3 is 1.16 bits per heavy atom. The predicted molar refractivity (Wildman–Crippen MR) is 245 cm³/mol. The fraction of sp³-hybridized carbons (Fsp3) is 0. The molecule has 0 bridgehead atoms. The summed E-state index contributed by atoms with van der Waals surface area (Å²) < 4.78 is 7.00. The molecule has 0 radical (unpaired) electrons. The van der Waals surface area contributed by atoms with Gasteiger partial charge >= 0.3 is 0 Å². The van der Waals surface area contributed by atoms with Gasteiger partial charge < -0.3 is 9.32 Å². The highest BCUT2D eigenvalue weighted by Gasteiger charge is 2.26. The first-order valence-electron chi connectivity index (χ1n) is 19.8. The van der Waals surface area contributed by atoms with Gasteiger partial charge in [-0.15, -0.1) is 0 Å². The minimum atomic E-state index is 0.854. The van der Waals surface area contributed by atoms with Gasteiger partial charge in [0.25, 0.3) is 0 Å². The van der Waals surface area contributed by atoms with Crippen LogP contribution in [-0.2, 0) is 0 Å². The lowest BCUT2D eigenvalue weighted by Crippen LogP contribution is -2.12. The molecule has 11 aromatic rings. The summed E-state index contributed by atoms with van der Waals surface area (Å²) in [5.41, 5.74) is 14.3. The molecule has 10 aromatic carbocycles. The van der Waals surface area contributed by atoms with E-state index < -0.39 is 0 Å². The second-order valence-electron chi connectivity index (χ2n) is 14.8. The highest BCUT2D eigenvalue weighted by atomic mass is 16.3. The topological polar surface area (TPSA) is 16.4 Å². The summed E-state index contributed by atoms with van der Waals surface area (Å²) in [6.45, 7) is 0. The summed E-state index contributed by atoms with van der Waals surface area (Å²) in [6.07, 6.45) is 0. The zero-order valence-corrected chi connectivity index (χ0v) is 31.7. The van der Waals surface area contributed by atoms with Crippen molar-refractivity contribution in [2.45, 2.75) is 0 Å².